The molecule has 0 amide bonds. The molecule has 1 saturated heterocycles. The number of nitrogens with one attached hydrogen (secondary N) is 1. The van der Waals surface area contributed by atoms with Crippen LogP contribution >= 0.6 is 12.2 Å². The fraction of sp³-hybridized carbons (Fsp3) is 0.923. The van der Waals surface area contributed by atoms with Gasteiger partial charge in [-0.3, -0.25) is 0 Å². The molecular formula is C13H26N2OS. The Morgan fingerprint density at radius 2 is 2.12 bits per heavy atom. The summed E-state index contributed by atoms with van der Waals surface area (Å²) >= 11 is 5.40. The van der Waals surface area contributed by atoms with Gasteiger partial charge in [0, 0.05) is 33.4 Å². The first-order valence-corrected chi connectivity index (χ1v) is 7.20. The van der Waals surface area contributed by atoms with E-state index < -0.39 is 0 Å². The first kappa shape index (κ1) is 14.7. The second kappa shape index (κ2) is 8.70. The van der Waals surface area contributed by atoms with Crippen LogP contribution in [0.4, 0.5) is 0 Å². The van der Waals surface area contributed by atoms with E-state index in [1.807, 2.05) is 0 Å². The zero-order valence-electron chi connectivity index (χ0n) is 11.2. The van der Waals surface area contributed by atoms with Crippen molar-refractivity contribution < 1.29 is 4.74 Å². The molecule has 0 saturated carbocycles. The van der Waals surface area contributed by atoms with Gasteiger partial charge in [-0.1, -0.05) is 19.8 Å². The first-order valence-electron chi connectivity index (χ1n) is 6.79. The number of methoxy groups -OCH3 is 1. The molecule has 1 aliphatic rings. The van der Waals surface area contributed by atoms with Crippen molar-refractivity contribution >= 4 is 17.3 Å². The molecule has 4 heteroatoms. The lowest BCUT2D eigenvalue weighted by molar-refractivity contribution is 0.195. The van der Waals surface area contributed by atoms with E-state index in [2.05, 4.69) is 17.1 Å². The number of hydrogen-bond donors (Lipinski definition) is 1. The van der Waals surface area contributed by atoms with E-state index in [4.69, 9.17) is 17.0 Å². The molecular weight excluding hydrogens is 232 g/mol. The van der Waals surface area contributed by atoms with Gasteiger partial charge in [-0.25, -0.2) is 0 Å². The van der Waals surface area contributed by atoms with Gasteiger partial charge in [0.2, 0.25) is 0 Å². The molecule has 100 valence electrons. The van der Waals surface area contributed by atoms with Crippen molar-refractivity contribution in [3.63, 3.8) is 0 Å². The Balaban J connectivity index is 2.12. The highest BCUT2D eigenvalue weighted by Gasteiger charge is 2.19. The zero-order chi connectivity index (χ0) is 12.5. The summed E-state index contributed by atoms with van der Waals surface area (Å²) in [5, 5.41) is 4.24. The second-order valence-electron chi connectivity index (χ2n) is 4.80. The van der Waals surface area contributed by atoms with Crippen molar-refractivity contribution in [2.45, 2.75) is 39.0 Å². The predicted molar refractivity (Wildman–Crippen MR) is 76.3 cm³/mol. The van der Waals surface area contributed by atoms with Crippen LogP contribution in [0.5, 0.6) is 0 Å². The fourth-order valence-electron chi connectivity index (χ4n) is 2.36. The summed E-state index contributed by atoms with van der Waals surface area (Å²) in [7, 11) is 1.73. The lowest BCUT2D eigenvalue weighted by Crippen LogP contribution is -2.44. The van der Waals surface area contributed by atoms with E-state index in [-0.39, 0.29) is 0 Å². The van der Waals surface area contributed by atoms with Crippen molar-refractivity contribution in [2.75, 3.05) is 33.4 Å². The van der Waals surface area contributed by atoms with Crippen LogP contribution in [-0.2, 0) is 4.74 Å². The molecule has 0 aromatic heterocycles. The summed E-state index contributed by atoms with van der Waals surface area (Å²) in [5.41, 5.74) is 0. The number of thiocarbonyl (C=S) groups is 1. The average Bonchev–Trinajstić information content (AvgIpc) is 2.36. The molecule has 1 N–H and O–H groups in total. The molecule has 0 radical (unpaired) electrons. The molecule has 1 fully saturated rings. The SMILES string of the molecule is CCCC1CCN(C(=S)NCCCOC)CC1. The molecule has 1 aliphatic heterocycles. The first-order chi connectivity index (χ1) is 8.27. The van der Waals surface area contributed by atoms with E-state index in [0.29, 0.717) is 0 Å². The third-order valence-electron chi connectivity index (χ3n) is 3.40. The van der Waals surface area contributed by atoms with Crippen molar-refractivity contribution in [1.82, 2.24) is 10.2 Å². The van der Waals surface area contributed by atoms with E-state index in [1.54, 1.807) is 7.11 Å². The number of rotatable bonds is 6. The summed E-state index contributed by atoms with van der Waals surface area (Å²) < 4.78 is 5.01. The maximum Gasteiger partial charge on any atom is 0.168 e. The third-order valence-corrected chi connectivity index (χ3v) is 3.80. The summed E-state index contributed by atoms with van der Waals surface area (Å²) in [6.07, 6.45) is 6.30. The molecule has 0 bridgehead atoms. The molecule has 0 aromatic rings. The van der Waals surface area contributed by atoms with Gasteiger partial charge >= 0.3 is 0 Å². The highest BCUT2D eigenvalue weighted by atomic mass is 32.1. The monoisotopic (exact) mass is 258 g/mol. The van der Waals surface area contributed by atoms with Gasteiger partial charge in [0.25, 0.3) is 0 Å². The predicted octanol–water partition coefficient (Wildman–Crippen LogP) is 2.41. The average molecular weight is 258 g/mol. The minimum atomic E-state index is 0.800. The number of ether oxygens (including phenoxy) is 1. The second-order valence-corrected chi connectivity index (χ2v) is 5.18. The normalized spacial score (nSPS) is 17.2. The van der Waals surface area contributed by atoms with Gasteiger partial charge < -0.3 is 15.0 Å². The van der Waals surface area contributed by atoms with E-state index in [0.717, 1.165) is 43.7 Å². The van der Waals surface area contributed by atoms with Crippen molar-refractivity contribution in [3.8, 4) is 0 Å². The van der Waals surface area contributed by atoms with E-state index >= 15 is 0 Å². The molecule has 3 nitrogen and oxygen atoms in total. The summed E-state index contributed by atoms with van der Waals surface area (Å²) in [6, 6.07) is 0. The van der Waals surface area contributed by atoms with Gasteiger partial charge in [0.15, 0.2) is 5.11 Å². The highest BCUT2D eigenvalue weighted by molar-refractivity contribution is 7.80. The topological polar surface area (TPSA) is 24.5 Å². The Bertz CT molecular complexity index is 215. The van der Waals surface area contributed by atoms with Crippen LogP contribution in [0.25, 0.3) is 0 Å². The van der Waals surface area contributed by atoms with Crippen molar-refractivity contribution in [2.24, 2.45) is 5.92 Å². The molecule has 17 heavy (non-hydrogen) atoms. The Labute approximate surface area is 111 Å². The smallest absolute Gasteiger partial charge is 0.168 e. The Kier molecular flexibility index (Phi) is 7.53. The minimum absolute atomic E-state index is 0.800. The summed E-state index contributed by atoms with van der Waals surface area (Å²) in [5.74, 6) is 0.924. The number of likely N-dealkylation sites (tertiary alicyclic amines) is 1. The van der Waals surface area contributed by atoms with E-state index in [1.165, 1.54) is 25.7 Å². The Hall–Kier alpha value is -0.350. The van der Waals surface area contributed by atoms with Gasteiger partial charge in [-0.15, -0.1) is 0 Å². The molecule has 0 atom stereocenters. The summed E-state index contributed by atoms with van der Waals surface area (Å²) in [6.45, 7) is 6.24. The van der Waals surface area contributed by atoms with Crippen LogP contribution in [0.15, 0.2) is 0 Å². The van der Waals surface area contributed by atoms with Crippen LogP contribution in [0.2, 0.25) is 0 Å². The van der Waals surface area contributed by atoms with Crippen LogP contribution in [0.3, 0.4) is 0 Å². The largest absolute Gasteiger partial charge is 0.385 e. The van der Waals surface area contributed by atoms with Gasteiger partial charge in [-0.05, 0) is 37.4 Å². The van der Waals surface area contributed by atoms with Crippen LogP contribution in [0.1, 0.15) is 39.0 Å². The third kappa shape index (κ3) is 5.68. The van der Waals surface area contributed by atoms with Crippen LogP contribution < -0.4 is 5.32 Å². The minimum Gasteiger partial charge on any atom is -0.385 e. The summed E-state index contributed by atoms with van der Waals surface area (Å²) in [4.78, 5) is 2.31. The quantitative estimate of drug-likeness (QED) is 0.584. The maximum atomic E-state index is 5.40. The molecule has 0 unspecified atom stereocenters. The number of piperidine rings is 1. The van der Waals surface area contributed by atoms with Gasteiger partial charge in [0.05, 0.1) is 0 Å². The van der Waals surface area contributed by atoms with Gasteiger partial charge in [0.1, 0.15) is 0 Å². The van der Waals surface area contributed by atoms with Crippen LogP contribution in [0, 0.1) is 5.92 Å². The molecule has 0 spiro atoms. The number of nitrogens with zero attached hydrogens (tertiary/aromatic N) is 1. The molecule has 0 aromatic carbocycles. The van der Waals surface area contributed by atoms with Crippen LogP contribution in [-0.4, -0.2) is 43.4 Å². The molecule has 1 heterocycles. The molecule has 1 rings (SSSR count). The van der Waals surface area contributed by atoms with Crippen molar-refractivity contribution in [3.05, 3.63) is 0 Å². The van der Waals surface area contributed by atoms with Gasteiger partial charge in [-0.2, -0.15) is 0 Å². The van der Waals surface area contributed by atoms with E-state index in [9.17, 15) is 0 Å². The lowest BCUT2D eigenvalue weighted by atomic mass is 9.93. The lowest BCUT2D eigenvalue weighted by Gasteiger charge is -2.33. The Morgan fingerprint density at radius 3 is 2.71 bits per heavy atom. The Morgan fingerprint density at radius 1 is 1.41 bits per heavy atom. The van der Waals surface area contributed by atoms with Crippen molar-refractivity contribution in [1.29, 1.82) is 0 Å². The molecule has 0 aliphatic carbocycles. The standard InChI is InChI=1S/C13H26N2OS/c1-3-5-12-6-9-15(10-7-12)13(17)14-8-4-11-16-2/h12H,3-11H2,1-2H3,(H,14,17). The fourth-order valence-corrected chi connectivity index (χ4v) is 2.64. The number of hydrogen-bond acceptors (Lipinski definition) is 2. The highest BCUT2D eigenvalue weighted by Crippen LogP contribution is 2.21. The zero-order valence-corrected chi connectivity index (χ0v) is 12.0. The maximum absolute atomic E-state index is 5.40.